The monoisotopic (exact) mass is 244 g/mol. The van der Waals surface area contributed by atoms with Gasteiger partial charge in [-0.1, -0.05) is 13.0 Å². The van der Waals surface area contributed by atoms with E-state index in [1.807, 2.05) is 18.3 Å². The molecule has 2 N–H and O–H groups in total. The van der Waals surface area contributed by atoms with Crippen LogP contribution in [0.5, 0.6) is 0 Å². The lowest BCUT2D eigenvalue weighted by Crippen LogP contribution is -2.34. The minimum Gasteiger partial charge on any atom is -0.385 e. The van der Waals surface area contributed by atoms with Gasteiger partial charge in [-0.25, -0.2) is 4.98 Å². The van der Waals surface area contributed by atoms with Crippen LogP contribution in [0.4, 0.5) is 5.82 Å². The second-order valence-electron chi connectivity index (χ2n) is 5.06. The van der Waals surface area contributed by atoms with Crippen LogP contribution in [0, 0.1) is 0 Å². The van der Waals surface area contributed by atoms with Gasteiger partial charge in [0.15, 0.2) is 0 Å². The topological polar surface area (TPSA) is 46.6 Å². The molecule has 1 saturated heterocycles. The van der Waals surface area contributed by atoms with E-state index in [0.29, 0.717) is 5.92 Å². The number of hydrogen-bond donors (Lipinski definition) is 1. The average molecular weight is 244 g/mol. The summed E-state index contributed by atoms with van der Waals surface area (Å²) in [5, 5.41) is 0. The minimum atomic E-state index is 0.505. The molecular weight excluding hydrogens is 224 g/mol. The third-order valence-electron chi connectivity index (χ3n) is 3.93. The fraction of sp³-hybridized carbons (Fsp3) is 0.500. The van der Waals surface area contributed by atoms with Crippen molar-refractivity contribution in [1.29, 1.82) is 0 Å². The van der Waals surface area contributed by atoms with Crippen LogP contribution in [-0.4, -0.2) is 33.9 Å². The van der Waals surface area contributed by atoms with Crippen LogP contribution in [-0.2, 0) is 0 Å². The molecule has 0 aromatic carbocycles. The molecule has 1 atom stereocenters. The van der Waals surface area contributed by atoms with Gasteiger partial charge >= 0.3 is 0 Å². The maximum atomic E-state index is 6.08. The summed E-state index contributed by atoms with van der Waals surface area (Å²) < 4.78 is 2.10. The van der Waals surface area contributed by atoms with E-state index in [-0.39, 0.29) is 0 Å². The van der Waals surface area contributed by atoms with Crippen LogP contribution < -0.4 is 5.73 Å². The molecule has 0 radical (unpaired) electrons. The van der Waals surface area contributed by atoms with E-state index in [4.69, 9.17) is 5.73 Å². The van der Waals surface area contributed by atoms with Crippen molar-refractivity contribution in [2.75, 3.05) is 25.4 Å². The number of anilines is 1. The average Bonchev–Trinajstić information content (AvgIpc) is 2.84. The van der Waals surface area contributed by atoms with E-state index in [0.717, 1.165) is 30.2 Å². The van der Waals surface area contributed by atoms with Gasteiger partial charge in [-0.15, -0.1) is 0 Å². The number of pyridine rings is 1. The molecule has 0 bridgehead atoms. The molecule has 0 spiro atoms. The third-order valence-corrected chi connectivity index (χ3v) is 3.93. The lowest BCUT2D eigenvalue weighted by atomic mass is 9.97. The number of rotatable bonds is 2. The molecular formula is C14H20N4. The predicted molar refractivity (Wildman–Crippen MR) is 73.7 cm³/mol. The Labute approximate surface area is 107 Å². The van der Waals surface area contributed by atoms with Gasteiger partial charge in [-0.05, 0) is 38.1 Å². The van der Waals surface area contributed by atoms with Crippen molar-refractivity contribution in [3.8, 4) is 0 Å². The number of aromatic nitrogens is 2. The number of piperidine rings is 1. The summed E-state index contributed by atoms with van der Waals surface area (Å²) in [4.78, 5) is 7.10. The highest BCUT2D eigenvalue weighted by atomic mass is 15.1. The predicted octanol–water partition coefficient (Wildman–Crippen LogP) is 2.12. The van der Waals surface area contributed by atoms with Crippen molar-refractivity contribution >= 4 is 11.3 Å². The number of nitrogen functional groups attached to an aromatic ring is 1. The van der Waals surface area contributed by atoms with E-state index in [1.165, 1.54) is 19.4 Å². The summed E-state index contributed by atoms with van der Waals surface area (Å²) in [7, 11) is 0. The second-order valence-corrected chi connectivity index (χ2v) is 5.06. The number of likely N-dealkylation sites (N-methyl/N-ethyl adjacent to an activating group) is 1. The Morgan fingerprint density at radius 3 is 3.17 bits per heavy atom. The summed E-state index contributed by atoms with van der Waals surface area (Å²) in [5.41, 5.74) is 7.18. The van der Waals surface area contributed by atoms with Crippen LogP contribution in [0.25, 0.3) is 5.52 Å². The first-order valence-electron chi connectivity index (χ1n) is 6.73. The maximum Gasteiger partial charge on any atom is 0.119 e. The quantitative estimate of drug-likeness (QED) is 0.880. The lowest BCUT2D eigenvalue weighted by Gasteiger charge is -2.31. The zero-order chi connectivity index (χ0) is 12.5. The van der Waals surface area contributed by atoms with Gasteiger partial charge in [-0.3, -0.25) is 4.40 Å². The van der Waals surface area contributed by atoms with Crippen LogP contribution in [0.1, 0.15) is 31.5 Å². The largest absolute Gasteiger partial charge is 0.385 e. The Bertz CT molecular complexity index is 546. The number of nitrogens with two attached hydrogens (primary N) is 1. The highest BCUT2D eigenvalue weighted by Crippen LogP contribution is 2.27. The molecule has 4 heteroatoms. The van der Waals surface area contributed by atoms with Gasteiger partial charge in [0.1, 0.15) is 11.6 Å². The normalized spacial score (nSPS) is 21.5. The van der Waals surface area contributed by atoms with Gasteiger partial charge in [0.2, 0.25) is 0 Å². The maximum absolute atomic E-state index is 6.08. The first-order chi connectivity index (χ1) is 8.79. The summed E-state index contributed by atoms with van der Waals surface area (Å²) in [6.45, 7) is 5.66. The van der Waals surface area contributed by atoms with Crippen LogP contribution in [0.15, 0.2) is 24.4 Å². The Balaban J connectivity index is 1.99. The molecule has 0 saturated carbocycles. The molecule has 1 aliphatic rings. The SMILES string of the molecule is CCN1CCCC(c2ncc3cccc(N)n23)C1. The van der Waals surface area contributed by atoms with Gasteiger partial charge in [-0.2, -0.15) is 0 Å². The molecule has 18 heavy (non-hydrogen) atoms. The molecule has 3 rings (SSSR count). The Morgan fingerprint density at radius 2 is 2.33 bits per heavy atom. The molecule has 1 aliphatic heterocycles. The van der Waals surface area contributed by atoms with E-state index >= 15 is 0 Å². The van der Waals surface area contributed by atoms with Crippen LogP contribution in [0.3, 0.4) is 0 Å². The second kappa shape index (κ2) is 4.61. The standard InChI is InChI=1S/C14H20N4/c1-2-17-8-4-5-11(10-17)14-16-9-12-6-3-7-13(15)18(12)14/h3,6-7,9,11H,2,4-5,8,10,15H2,1H3. The Hall–Kier alpha value is -1.55. The van der Waals surface area contributed by atoms with Crippen molar-refractivity contribution in [1.82, 2.24) is 14.3 Å². The molecule has 1 unspecified atom stereocenters. The number of nitrogens with zero attached hydrogens (tertiary/aromatic N) is 3. The fourth-order valence-corrected chi connectivity index (χ4v) is 2.94. The minimum absolute atomic E-state index is 0.505. The molecule has 0 aliphatic carbocycles. The first kappa shape index (κ1) is 11.5. The van der Waals surface area contributed by atoms with E-state index < -0.39 is 0 Å². The number of imidazole rings is 1. The summed E-state index contributed by atoms with van der Waals surface area (Å²) >= 11 is 0. The van der Waals surface area contributed by atoms with Gasteiger partial charge in [0.05, 0.1) is 11.7 Å². The van der Waals surface area contributed by atoms with Gasteiger partial charge in [0, 0.05) is 12.5 Å². The Kier molecular flexibility index (Phi) is 2.96. The smallest absolute Gasteiger partial charge is 0.119 e. The first-order valence-corrected chi connectivity index (χ1v) is 6.73. The van der Waals surface area contributed by atoms with Gasteiger partial charge in [0.25, 0.3) is 0 Å². The van der Waals surface area contributed by atoms with Crippen molar-refractivity contribution in [3.63, 3.8) is 0 Å². The van der Waals surface area contributed by atoms with E-state index in [1.54, 1.807) is 0 Å². The van der Waals surface area contributed by atoms with Gasteiger partial charge < -0.3 is 10.6 Å². The molecule has 0 amide bonds. The zero-order valence-electron chi connectivity index (χ0n) is 10.8. The molecule has 2 aromatic rings. The highest BCUT2D eigenvalue weighted by Gasteiger charge is 2.24. The van der Waals surface area contributed by atoms with E-state index in [9.17, 15) is 0 Å². The number of likely N-dealkylation sites (tertiary alicyclic amines) is 1. The molecule has 2 aromatic heterocycles. The van der Waals surface area contributed by atoms with E-state index in [2.05, 4.69) is 27.3 Å². The summed E-state index contributed by atoms with van der Waals surface area (Å²) in [6.07, 6.45) is 4.39. The third kappa shape index (κ3) is 1.86. The highest BCUT2D eigenvalue weighted by molar-refractivity contribution is 5.53. The van der Waals surface area contributed by atoms with Crippen molar-refractivity contribution in [2.24, 2.45) is 0 Å². The molecule has 1 fully saturated rings. The zero-order valence-corrected chi connectivity index (χ0v) is 10.8. The molecule has 96 valence electrons. The number of fused-ring (bicyclic) bond motifs is 1. The summed E-state index contributed by atoms with van der Waals surface area (Å²) in [6, 6.07) is 5.99. The summed E-state index contributed by atoms with van der Waals surface area (Å²) in [5.74, 6) is 2.42. The molecule has 3 heterocycles. The van der Waals surface area contributed by atoms with Crippen molar-refractivity contribution in [3.05, 3.63) is 30.2 Å². The Morgan fingerprint density at radius 1 is 1.44 bits per heavy atom. The van der Waals surface area contributed by atoms with Crippen molar-refractivity contribution < 1.29 is 0 Å². The lowest BCUT2D eigenvalue weighted by molar-refractivity contribution is 0.214. The number of hydrogen-bond acceptors (Lipinski definition) is 3. The molecule has 4 nitrogen and oxygen atoms in total. The fourth-order valence-electron chi connectivity index (χ4n) is 2.94. The van der Waals surface area contributed by atoms with Crippen LogP contribution >= 0.6 is 0 Å². The van der Waals surface area contributed by atoms with Crippen LogP contribution in [0.2, 0.25) is 0 Å². The van der Waals surface area contributed by atoms with Crippen molar-refractivity contribution in [2.45, 2.75) is 25.7 Å².